The number of nitrogens with zero attached hydrogens (tertiary/aromatic N) is 3. The lowest BCUT2D eigenvalue weighted by Gasteiger charge is -2.44. The van der Waals surface area contributed by atoms with Crippen LogP contribution in [-0.4, -0.2) is 67.1 Å². The van der Waals surface area contributed by atoms with Crippen molar-refractivity contribution in [3.8, 4) is 5.75 Å². The fraction of sp³-hybridized carbons (Fsp3) is 0.667. The molecule has 1 aromatic carbocycles. The van der Waals surface area contributed by atoms with Crippen LogP contribution < -0.4 is 9.64 Å². The summed E-state index contributed by atoms with van der Waals surface area (Å²) in [6.45, 7) is 10.1. The van der Waals surface area contributed by atoms with Crippen LogP contribution in [-0.2, 0) is 4.79 Å². The summed E-state index contributed by atoms with van der Waals surface area (Å²) in [7, 11) is 1.72. The quantitative estimate of drug-likeness (QED) is 0.828. The first-order chi connectivity index (χ1) is 12.5. The van der Waals surface area contributed by atoms with Gasteiger partial charge in [0.2, 0.25) is 5.91 Å². The van der Waals surface area contributed by atoms with Crippen molar-refractivity contribution in [2.75, 3.05) is 38.2 Å². The number of hydrogen-bond donors (Lipinski definition) is 0. The third-order valence-corrected chi connectivity index (χ3v) is 6.09. The number of carbonyl (C=O) groups excluding carboxylic acids is 1. The van der Waals surface area contributed by atoms with E-state index in [1.54, 1.807) is 7.11 Å². The maximum Gasteiger partial charge on any atom is 0.240 e. The molecule has 0 aliphatic carbocycles. The number of likely N-dealkylation sites (tertiary alicyclic amines) is 1. The summed E-state index contributed by atoms with van der Waals surface area (Å²) < 4.78 is 5.50. The van der Waals surface area contributed by atoms with Crippen LogP contribution in [0.2, 0.25) is 0 Å². The van der Waals surface area contributed by atoms with Gasteiger partial charge in [-0.05, 0) is 52.2 Å². The SMILES string of the molecule is COc1ccccc1N1CCN([C@H](C)C(=O)N2[C@H](C)CCC[C@@H]2C)CC1. The van der Waals surface area contributed by atoms with Gasteiger partial charge in [0.1, 0.15) is 5.75 Å². The van der Waals surface area contributed by atoms with Crippen LogP contribution in [0.4, 0.5) is 5.69 Å². The third-order valence-electron chi connectivity index (χ3n) is 6.09. The Morgan fingerprint density at radius 1 is 1.08 bits per heavy atom. The summed E-state index contributed by atoms with van der Waals surface area (Å²) in [6.07, 6.45) is 3.49. The van der Waals surface area contributed by atoms with Gasteiger partial charge >= 0.3 is 0 Å². The third kappa shape index (κ3) is 3.83. The highest BCUT2D eigenvalue weighted by molar-refractivity contribution is 5.82. The van der Waals surface area contributed by atoms with E-state index in [0.29, 0.717) is 18.0 Å². The number of para-hydroxylation sites is 2. The fourth-order valence-electron chi connectivity index (χ4n) is 4.47. The summed E-state index contributed by atoms with van der Waals surface area (Å²) >= 11 is 0. The molecule has 0 unspecified atom stereocenters. The molecule has 26 heavy (non-hydrogen) atoms. The topological polar surface area (TPSA) is 36.0 Å². The molecule has 2 saturated heterocycles. The molecule has 0 saturated carbocycles. The monoisotopic (exact) mass is 359 g/mol. The van der Waals surface area contributed by atoms with Crippen LogP contribution >= 0.6 is 0 Å². The predicted molar refractivity (Wildman–Crippen MR) is 106 cm³/mol. The van der Waals surface area contributed by atoms with E-state index in [1.807, 2.05) is 12.1 Å². The molecule has 3 atom stereocenters. The van der Waals surface area contributed by atoms with E-state index < -0.39 is 0 Å². The van der Waals surface area contributed by atoms with Crippen molar-refractivity contribution in [3.63, 3.8) is 0 Å². The molecule has 2 aliphatic heterocycles. The standard InChI is InChI=1S/C21H33N3O2/c1-16-8-7-9-17(2)24(16)21(25)18(3)22-12-14-23(15-13-22)19-10-5-6-11-20(19)26-4/h5-6,10-11,16-18H,7-9,12-15H2,1-4H3/t16-,17+,18-/m1/s1. The van der Waals surface area contributed by atoms with E-state index in [-0.39, 0.29) is 6.04 Å². The second-order valence-electron chi connectivity index (χ2n) is 7.75. The van der Waals surface area contributed by atoms with Crippen LogP contribution in [0.25, 0.3) is 0 Å². The van der Waals surface area contributed by atoms with Crippen LogP contribution in [0.1, 0.15) is 40.0 Å². The molecule has 3 rings (SSSR count). The molecule has 1 aromatic rings. The zero-order valence-corrected chi connectivity index (χ0v) is 16.6. The van der Waals surface area contributed by atoms with E-state index in [9.17, 15) is 4.79 Å². The summed E-state index contributed by atoms with van der Waals surface area (Å²) in [5.41, 5.74) is 1.15. The van der Waals surface area contributed by atoms with E-state index in [1.165, 1.54) is 6.42 Å². The highest BCUT2D eigenvalue weighted by Gasteiger charge is 2.35. The van der Waals surface area contributed by atoms with Gasteiger partial charge in [-0.25, -0.2) is 0 Å². The Labute approximate surface area is 157 Å². The van der Waals surface area contributed by atoms with E-state index >= 15 is 0 Å². The van der Waals surface area contributed by atoms with Crippen molar-refractivity contribution in [2.24, 2.45) is 0 Å². The Morgan fingerprint density at radius 3 is 2.31 bits per heavy atom. The van der Waals surface area contributed by atoms with Crippen LogP contribution in [0.3, 0.4) is 0 Å². The number of hydrogen-bond acceptors (Lipinski definition) is 4. The van der Waals surface area contributed by atoms with E-state index in [2.05, 4.69) is 47.6 Å². The number of rotatable bonds is 4. The molecule has 2 heterocycles. The second kappa shape index (κ2) is 8.30. The molecule has 5 heteroatoms. The molecule has 144 valence electrons. The zero-order chi connectivity index (χ0) is 18.7. The largest absolute Gasteiger partial charge is 0.495 e. The maximum atomic E-state index is 13.1. The number of piperazine rings is 1. The zero-order valence-electron chi connectivity index (χ0n) is 16.6. The first-order valence-electron chi connectivity index (χ1n) is 9.97. The minimum atomic E-state index is -0.0437. The van der Waals surface area contributed by atoms with Gasteiger partial charge < -0.3 is 14.5 Å². The molecule has 0 spiro atoms. The molecular formula is C21H33N3O2. The summed E-state index contributed by atoms with van der Waals surface area (Å²) in [5.74, 6) is 1.22. The van der Waals surface area contributed by atoms with Gasteiger partial charge in [0.15, 0.2) is 0 Å². The Hall–Kier alpha value is -1.75. The van der Waals surface area contributed by atoms with Gasteiger partial charge in [-0.15, -0.1) is 0 Å². The fourth-order valence-corrected chi connectivity index (χ4v) is 4.47. The number of piperidine rings is 1. The number of ether oxygens (including phenoxy) is 1. The van der Waals surface area contributed by atoms with Crippen LogP contribution in [0, 0.1) is 0 Å². The van der Waals surface area contributed by atoms with Gasteiger partial charge in [0.25, 0.3) is 0 Å². The number of amides is 1. The van der Waals surface area contributed by atoms with Gasteiger partial charge in [0, 0.05) is 38.3 Å². The Bertz CT molecular complexity index is 603. The average molecular weight is 360 g/mol. The van der Waals surface area contributed by atoms with Gasteiger partial charge in [0.05, 0.1) is 18.8 Å². The van der Waals surface area contributed by atoms with E-state index in [4.69, 9.17) is 4.74 Å². The number of carbonyl (C=O) groups is 1. The predicted octanol–water partition coefficient (Wildman–Crippen LogP) is 3.00. The number of benzene rings is 1. The van der Waals surface area contributed by atoms with Crippen molar-refractivity contribution >= 4 is 11.6 Å². The lowest BCUT2D eigenvalue weighted by atomic mass is 9.96. The van der Waals surface area contributed by atoms with Crippen molar-refractivity contribution in [3.05, 3.63) is 24.3 Å². The highest BCUT2D eigenvalue weighted by atomic mass is 16.5. The molecule has 1 amide bonds. The first-order valence-corrected chi connectivity index (χ1v) is 9.97. The second-order valence-corrected chi connectivity index (χ2v) is 7.75. The smallest absolute Gasteiger partial charge is 0.240 e. The maximum absolute atomic E-state index is 13.1. The normalized spacial score (nSPS) is 25.8. The molecule has 2 fully saturated rings. The minimum Gasteiger partial charge on any atom is -0.495 e. The molecule has 2 aliphatic rings. The Kier molecular flexibility index (Phi) is 6.07. The minimum absolute atomic E-state index is 0.0437. The van der Waals surface area contributed by atoms with Gasteiger partial charge in [-0.2, -0.15) is 0 Å². The van der Waals surface area contributed by atoms with Crippen molar-refractivity contribution in [1.82, 2.24) is 9.80 Å². The van der Waals surface area contributed by atoms with Crippen molar-refractivity contribution in [2.45, 2.75) is 58.2 Å². The van der Waals surface area contributed by atoms with Crippen molar-refractivity contribution < 1.29 is 9.53 Å². The summed E-state index contributed by atoms with van der Waals surface area (Å²) in [5, 5.41) is 0. The van der Waals surface area contributed by atoms with Crippen molar-refractivity contribution in [1.29, 1.82) is 0 Å². The Morgan fingerprint density at radius 2 is 1.69 bits per heavy atom. The number of methoxy groups -OCH3 is 1. The lowest BCUT2D eigenvalue weighted by molar-refractivity contribution is -0.142. The van der Waals surface area contributed by atoms with Crippen LogP contribution in [0.15, 0.2) is 24.3 Å². The molecule has 0 bridgehead atoms. The molecule has 5 nitrogen and oxygen atoms in total. The van der Waals surface area contributed by atoms with Gasteiger partial charge in [-0.3, -0.25) is 9.69 Å². The first kappa shape index (κ1) is 19.0. The molecular weight excluding hydrogens is 326 g/mol. The highest BCUT2D eigenvalue weighted by Crippen LogP contribution is 2.29. The summed E-state index contributed by atoms with van der Waals surface area (Å²) in [6, 6.07) is 8.85. The summed E-state index contributed by atoms with van der Waals surface area (Å²) in [4.78, 5) is 20.0. The average Bonchev–Trinajstić information content (AvgIpc) is 2.67. The number of anilines is 1. The molecule has 0 aromatic heterocycles. The molecule has 0 N–H and O–H groups in total. The van der Waals surface area contributed by atoms with Crippen LogP contribution in [0.5, 0.6) is 5.75 Å². The molecule has 0 radical (unpaired) electrons. The lowest BCUT2D eigenvalue weighted by Crippen LogP contribution is -2.58. The van der Waals surface area contributed by atoms with Gasteiger partial charge in [-0.1, -0.05) is 12.1 Å². The van der Waals surface area contributed by atoms with E-state index in [0.717, 1.165) is 50.5 Å². The Balaban J connectivity index is 1.61.